The third-order valence-electron chi connectivity index (χ3n) is 1.35. The van der Waals surface area contributed by atoms with Crippen LogP contribution >= 0.6 is 0 Å². The third-order valence-corrected chi connectivity index (χ3v) is 1.35. The molecule has 0 aromatic heterocycles. The summed E-state index contributed by atoms with van der Waals surface area (Å²) < 4.78 is 0. The maximum Gasteiger partial charge on any atom is 0.327 e. The van der Waals surface area contributed by atoms with E-state index in [-0.39, 0.29) is 0 Å². The van der Waals surface area contributed by atoms with E-state index in [9.17, 15) is 9.59 Å². The first-order chi connectivity index (χ1) is 6.54. The van der Waals surface area contributed by atoms with E-state index in [1.54, 1.807) is 0 Å². The maximum absolute atomic E-state index is 9.25. The fourth-order valence-electron chi connectivity index (χ4n) is 0.250. The molecule has 0 aliphatic heterocycles. The van der Waals surface area contributed by atoms with Crippen LogP contribution in [0, 0.1) is 0 Å². The fraction of sp³-hybridized carbons (Fsp3) is 0.400. The van der Waals surface area contributed by atoms with Crippen LogP contribution in [0.5, 0.6) is 0 Å². The molecule has 0 bridgehead atoms. The summed E-state index contributed by atoms with van der Waals surface area (Å²) in [5.41, 5.74) is 0. The van der Waals surface area contributed by atoms with Gasteiger partial charge in [0.25, 0.3) is 0 Å². The molecular weight excluding hydrogens is 184 g/mol. The molecule has 0 unspecified atom stereocenters. The zero-order valence-corrected chi connectivity index (χ0v) is 8.11. The van der Waals surface area contributed by atoms with E-state index in [1.165, 1.54) is 25.7 Å². The highest BCUT2D eigenvalue weighted by atomic mass is 16.4. The molecule has 4 heteroatoms. The SMILES string of the molecule is C1CCC1.C=CC(=O)O.C=CC(=O)O. The highest BCUT2D eigenvalue weighted by Crippen LogP contribution is 2.15. The third kappa shape index (κ3) is 22.4. The number of hydrogen-bond acceptors (Lipinski definition) is 2. The first-order valence-electron chi connectivity index (χ1n) is 4.25. The van der Waals surface area contributed by atoms with Crippen molar-refractivity contribution in [3.63, 3.8) is 0 Å². The second-order valence-corrected chi connectivity index (χ2v) is 2.50. The lowest BCUT2D eigenvalue weighted by Crippen LogP contribution is -1.85. The Morgan fingerprint density at radius 2 is 1.00 bits per heavy atom. The molecule has 0 radical (unpaired) electrons. The summed E-state index contributed by atoms with van der Waals surface area (Å²) in [6.45, 7) is 5.92. The predicted molar refractivity (Wildman–Crippen MR) is 54.1 cm³/mol. The number of hydrogen-bond donors (Lipinski definition) is 2. The molecule has 0 saturated heterocycles. The number of carboxylic acid groups (broad SMARTS) is 2. The molecule has 1 saturated carbocycles. The Hall–Kier alpha value is -1.58. The van der Waals surface area contributed by atoms with Crippen LogP contribution in [0.25, 0.3) is 0 Å². The Balaban J connectivity index is 0. The minimum absolute atomic E-state index is 0.833. The van der Waals surface area contributed by atoms with Gasteiger partial charge >= 0.3 is 11.9 Å². The molecule has 4 nitrogen and oxygen atoms in total. The van der Waals surface area contributed by atoms with Gasteiger partial charge in [0.05, 0.1) is 0 Å². The lowest BCUT2D eigenvalue weighted by atomic mass is 10.0. The summed E-state index contributed by atoms with van der Waals surface area (Å²) in [5, 5.41) is 15.2. The molecule has 0 heterocycles. The molecule has 0 spiro atoms. The molecule has 0 atom stereocenters. The zero-order chi connectivity index (χ0) is 11.4. The van der Waals surface area contributed by atoms with E-state index in [1.807, 2.05) is 0 Å². The van der Waals surface area contributed by atoms with Crippen molar-refractivity contribution in [3.8, 4) is 0 Å². The summed E-state index contributed by atoms with van der Waals surface area (Å²) in [6, 6.07) is 0. The highest BCUT2D eigenvalue weighted by Gasteiger charge is 1.95. The largest absolute Gasteiger partial charge is 0.478 e. The van der Waals surface area contributed by atoms with Gasteiger partial charge in [0, 0.05) is 12.2 Å². The van der Waals surface area contributed by atoms with Gasteiger partial charge in [-0.2, -0.15) is 0 Å². The van der Waals surface area contributed by atoms with Gasteiger partial charge in [0.2, 0.25) is 0 Å². The van der Waals surface area contributed by atoms with Crippen molar-refractivity contribution < 1.29 is 19.8 Å². The van der Waals surface area contributed by atoms with Gasteiger partial charge in [-0.25, -0.2) is 9.59 Å². The highest BCUT2D eigenvalue weighted by molar-refractivity contribution is 5.79. The van der Waals surface area contributed by atoms with Crippen molar-refractivity contribution in [2.24, 2.45) is 0 Å². The number of rotatable bonds is 2. The van der Waals surface area contributed by atoms with Gasteiger partial charge in [-0.15, -0.1) is 0 Å². The Kier molecular flexibility index (Phi) is 12.2. The van der Waals surface area contributed by atoms with Crippen LogP contribution in [0.4, 0.5) is 0 Å². The lowest BCUT2D eigenvalue weighted by Gasteiger charge is -2.05. The Morgan fingerprint density at radius 3 is 1.00 bits per heavy atom. The van der Waals surface area contributed by atoms with E-state index in [2.05, 4.69) is 13.2 Å². The Morgan fingerprint density at radius 1 is 0.857 bits per heavy atom. The number of aliphatic carboxylic acids is 2. The second kappa shape index (κ2) is 11.4. The summed E-state index contributed by atoms with van der Waals surface area (Å²) >= 11 is 0. The second-order valence-electron chi connectivity index (χ2n) is 2.50. The molecule has 14 heavy (non-hydrogen) atoms. The Bertz CT molecular complexity index is 170. The van der Waals surface area contributed by atoms with Crippen molar-refractivity contribution in [2.75, 3.05) is 0 Å². The quantitative estimate of drug-likeness (QED) is 0.669. The zero-order valence-electron chi connectivity index (χ0n) is 8.11. The molecule has 2 N–H and O–H groups in total. The van der Waals surface area contributed by atoms with Crippen molar-refractivity contribution >= 4 is 11.9 Å². The van der Waals surface area contributed by atoms with Crippen molar-refractivity contribution in [3.05, 3.63) is 25.3 Å². The van der Waals surface area contributed by atoms with Gasteiger partial charge in [0.1, 0.15) is 0 Å². The molecule has 1 aliphatic rings. The number of carboxylic acids is 2. The first-order valence-corrected chi connectivity index (χ1v) is 4.25. The van der Waals surface area contributed by atoms with E-state index >= 15 is 0 Å². The summed E-state index contributed by atoms with van der Waals surface area (Å²) in [5.74, 6) is -1.96. The van der Waals surface area contributed by atoms with E-state index in [4.69, 9.17) is 10.2 Å². The van der Waals surface area contributed by atoms with Crippen LogP contribution in [0.15, 0.2) is 25.3 Å². The molecule has 0 amide bonds. The van der Waals surface area contributed by atoms with E-state index in [0.29, 0.717) is 0 Å². The van der Waals surface area contributed by atoms with E-state index in [0.717, 1.165) is 12.2 Å². The smallest absolute Gasteiger partial charge is 0.327 e. The molecule has 1 fully saturated rings. The summed E-state index contributed by atoms with van der Waals surface area (Å²) in [7, 11) is 0. The topological polar surface area (TPSA) is 74.6 Å². The average molecular weight is 200 g/mol. The van der Waals surface area contributed by atoms with Gasteiger partial charge < -0.3 is 10.2 Å². The average Bonchev–Trinajstić information content (AvgIpc) is 2.02. The molecule has 1 rings (SSSR count). The van der Waals surface area contributed by atoms with Crippen molar-refractivity contribution in [1.29, 1.82) is 0 Å². The normalized spacial score (nSPS) is 11.4. The van der Waals surface area contributed by atoms with Gasteiger partial charge in [0.15, 0.2) is 0 Å². The molecule has 0 aromatic carbocycles. The standard InChI is InChI=1S/C4H8.2C3H4O2/c1-2-4-3-1;2*1-2-3(4)5/h1-4H2;2*2H,1H2,(H,4,5). The Labute approximate surface area is 83.6 Å². The van der Waals surface area contributed by atoms with Gasteiger partial charge in [-0.05, 0) is 0 Å². The first kappa shape index (κ1) is 14.9. The maximum atomic E-state index is 9.25. The van der Waals surface area contributed by atoms with Gasteiger partial charge in [-0.3, -0.25) is 0 Å². The molecule has 80 valence electrons. The van der Waals surface area contributed by atoms with Crippen molar-refractivity contribution in [2.45, 2.75) is 25.7 Å². The van der Waals surface area contributed by atoms with Crippen LogP contribution in [-0.2, 0) is 9.59 Å². The summed E-state index contributed by atoms with van der Waals surface area (Å²) in [6.07, 6.45) is 7.67. The molecule has 0 aromatic rings. The van der Waals surface area contributed by atoms with Crippen molar-refractivity contribution in [1.82, 2.24) is 0 Å². The van der Waals surface area contributed by atoms with Crippen LogP contribution in [0.3, 0.4) is 0 Å². The lowest BCUT2D eigenvalue weighted by molar-refractivity contribution is -0.132. The molecular formula is C10H16O4. The number of carbonyl (C=O) groups is 2. The van der Waals surface area contributed by atoms with Crippen LogP contribution in [0.1, 0.15) is 25.7 Å². The molecule has 1 aliphatic carbocycles. The monoisotopic (exact) mass is 200 g/mol. The van der Waals surface area contributed by atoms with Crippen LogP contribution in [0.2, 0.25) is 0 Å². The van der Waals surface area contributed by atoms with Crippen LogP contribution in [-0.4, -0.2) is 22.2 Å². The van der Waals surface area contributed by atoms with Crippen LogP contribution < -0.4 is 0 Å². The predicted octanol–water partition coefficient (Wildman–Crippen LogP) is 2.07. The fourth-order valence-corrected chi connectivity index (χ4v) is 0.250. The summed E-state index contributed by atoms with van der Waals surface area (Å²) in [4.78, 5) is 18.5. The minimum atomic E-state index is -0.981. The minimum Gasteiger partial charge on any atom is -0.478 e. The van der Waals surface area contributed by atoms with Gasteiger partial charge in [-0.1, -0.05) is 38.8 Å². The van der Waals surface area contributed by atoms with E-state index < -0.39 is 11.9 Å².